The van der Waals surface area contributed by atoms with Crippen molar-refractivity contribution < 1.29 is 9.15 Å². The summed E-state index contributed by atoms with van der Waals surface area (Å²) in [5, 5.41) is 3.71. The van der Waals surface area contributed by atoms with Crippen LogP contribution in [0.1, 0.15) is 48.7 Å². The zero-order chi connectivity index (χ0) is 13.9. The van der Waals surface area contributed by atoms with Crippen LogP contribution in [0.15, 0.2) is 41.0 Å². The van der Waals surface area contributed by atoms with Gasteiger partial charge in [-0.05, 0) is 31.9 Å². The highest BCUT2D eigenvalue weighted by Gasteiger charge is 2.24. The Hall–Kier alpha value is -1.74. The van der Waals surface area contributed by atoms with Crippen molar-refractivity contribution in [3.05, 3.63) is 53.5 Å². The van der Waals surface area contributed by atoms with Gasteiger partial charge in [-0.25, -0.2) is 0 Å². The lowest BCUT2D eigenvalue weighted by atomic mass is 9.92. The topological polar surface area (TPSA) is 34.4 Å². The zero-order valence-corrected chi connectivity index (χ0v) is 12.1. The molecule has 20 heavy (non-hydrogen) atoms. The van der Waals surface area contributed by atoms with E-state index in [2.05, 4.69) is 30.4 Å². The average molecular weight is 271 g/mol. The molecule has 1 aromatic heterocycles. The quantitative estimate of drug-likeness (QED) is 0.912. The Morgan fingerprint density at radius 2 is 2.15 bits per heavy atom. The molecule has 3 heteroatoms. The number of ether oxygens (including phenoxy) is 1. The second-order valence-corrected chi connectivity index (χ2v) is 5.37. The maximum atomic E-state index is 5.55. The molecule has 106 valence electrons. The summed E-state index contributed by atoms with van der Waals surface area (Å²) >= 11 is 0. The summed E-state index contributed by atoms with van der Waals surface area (Å²) in [4.78, 5) is 0. The fourth-order valence-corrected chi connectivity index (χ4v) is 3.08. The molecule has 1 N–H and O–H groups in total. The third-order valence-corrected chi connectivity index (χ3v) is 4.11. The molecule has 0 saturated heterocycles. The summed E-state index contributed by atoms with van der Waals surface area (Å²) in [5.74, 6) is 2.08. The van der Waals surface area contributed by atoms with Gasteiger partial charge in [0.05, 0.1) is 13.4 Å². The van der Waals surface area contributed by atoms with E-state index >= 15 is 0 Å². The van der Waals surface area contributed by atoms with E-state index in [-0.39, 0.29) is 6.04 Å². The van der Waals surface area contributed by atoms with E-state index < -0.39 is 0 Å². The van der Waals surface area contributed by atoms with Crippen molar-refractivity contribution >= 4 is 0 Å². The molecule has 2 atom stereocenters. The molecule has 3 rings (SSSR count). The lowest BCUT2D eigenvalue weighted by Crippen LogP contribution is -2.27. The molecule has 1 aliphatic rings. The molecule has 0 aliphatic heterocycles. The number of furan rings is 1. The molecule has 1 aliphatic carbocycles. The third kappa shape index (κ3) is 2.46. The maximum Gasteiger partial charge on any atom is 0.123 e. The fraction of sp³-hybridized carbons (Fsp3) is 0.412. The Balaban J connectivity index is 1.79. The number of benzene rings is 1. The summed E-state index contributed by atoms with van der Waals surface area (Å²) in [5.41, 5.74) is 2.52. The van der Waals surface area contributed by atoms with Gasteiger partial charge in [0.25, 0.3) is 0 Å². The van der Waals surface area contributed by atoms with E-state index in [0.717, 1.165) is 24.4 Å². The van der Waals surface area contributed by atoms with Crippen molar-refractivity contribution in [2.45, 2.75) is 38.3 Å². The van der Waals surface area contributed by atoms with Crippen LogP contribution in [0.25, 0.3) is 0 Å². The Bertz CT molecular complexity index is 576. The monoisotopic (exact) mass is 271 g/mol. The number of hydrogen-bond donors (Lipinski definition) is 1. The highest BCUT2D eigenvalue weighted by Crippen LogP contribution is 2.33. The van der Waals surface area contributed by atoms with Crippen LogP contribution in [0.5, 0.6) is 5.75 Å². The number of para-hydroxylation sites is 1. The second-order valence-electron chi connectivity index (χ2n) is 5.37. The average Bonchev–Trinajstić information content (AvgIpc) is 2.96. The van der Waals surface area contributed by atoms with Crippen LogP contribution in [-0.4, -0.2) is 7.11 Å². The van der Waals surface area contributed by atoms with Gasteiger partial charge in [-0.15, -0.1) is 0 Å². The van der Waals surface area contributed by atoms with Gasteiger partial charge in [0, 0.05) is 29.6 Å². The van der Waals surface area contributed by atoms with Crippen LogP contribution < -0.4 is 10.1 Å². The minimum absolute atomic E-state index is 0.247. The first kappa shape index (κ1) is 13.3. The first-order valence-electron chi connectivity index (χ1n) is 7.25. The van der Waals surface area contributed by atoms with Crippen molar-refractivity contribution in [3.63, 3.8) is 0 Å². The van der Waals surface area contributed by atoms with E-state index in [1.807, 2.05) is 12.1 Å². The zero-order valence-electron chi connectivity index (χ0n) is 12.1. The Labute approximate surface area is 119 Å². The summed E-state index contributed by atoms with van der Waals surface area (Å²) in [7, 11) is 1.72. The molecular formula is C17H21NO2. The molecule has 1 heterocycles. The van der Waals surface area contributed by atoms with E-state index in [9.17, 15) is 0 Å². The highest BCUT2D eigenvalue weighted by atomic mass is 16.5. The van der Waals surface area contributed by atoms with Crippen LogP contribution in [-0.2, 0) is 6.42 Å². The van der Waals surface area contributed by atoms with E-state index in [1.165, 1.54) is 17.5 Å². The molecule has 1 aromatic carbocycles. The van der Waals surface area contributed by atoms with E-state index in [0.29, 0.717) is 6.04 Å². The fourth-order valence-electron chi connectivity index (χ4n) is 3.08. The predicted molar refractivity (Wildman–Crippen MR) is 78.9 cm³/mol. The van der Waals surface area contributed by atoms with Crippen molar-refractivity contribution in [1.29, 1.82) is 0 Å². The van der Waals surface area contributed by atoms with Crippen molar-refractivity contribution in [3.8, 4) is 5.75 Å². The largest absolute Gasteiger partial charge is 0.496 e. The lowest BCUT2D eigenvalue weighted by molar-refractivity contribution is 0.370. The molecule has 0 radical (unpaired) electrons. The maximum absolute atomic E-state index is 5.55. The van der Waals surface area contributed by atoms with Crippen molar-refractivity contribution in [1.82, 2.24) is 5.32 Å². The number of rotatable bonds is 4. The van der Waals surface area contributed by atoms with E-state index in [1.54, 1.807) is 13.4 Å². The van der Waals surface area contributed by atoms with Gasteiger partial charge in [0.15, 0.2) is 0 Å². The van der Waals surface area contributed by atoms with Crippen LogP contribution >= 0.6 is 0 Å². The summed E-state index contributed by atoms with van der Waals surface area (Å²) < 4.78 is 11.0. The standard InChI is InChI=1S/C17H21NO2/c1-12(13-6-3-4-8-16(13)19-2)18-15-7-5-9-17-14(15)10-11-20-17/h3-4,6,8,10-12,15,18H,5,7,9H2,1-2H3/t12-,15?/m0/s1. The number of methoxy groups -OCH3 is 1. The van der Waals surface area contributed by atoms with Gasteiger partial charge in [0.2, 0.25) is 0 Å². The number of fused-ring (bicyclic) bond motifs is 1. The molecule has 0 saturated carbocycles. The Kier molecular flexibility index (Phi) is 3.79. The molecule has 0 spiro atoms. The molecule has 0 fully saturated rings. The van der Waals surface area contributed by atoms with Crippen LogP contribution in [0.4, 0.5) is 0 Å². The minimum atomic E-state index is 0.247. The highest BCUT2D eigenvalue weighted by molar-refractivity contribution is 5.36. The molecule has 3 nitrogen and oxygen atoms in total. The molecule has 2 aromatic rings. The van der Waals surface area contributed by atoms with Gasteiger partial charge < -0.3 is 14.5 Å². The molecule has 1 unspecified atom stereocenters. The minimum Gasteiger partial charge on any atom is -0.496 e. The van der Waals surface area contributed by atoms with E-state index in [4.69, 9.17) is 9.15 Å². The van der Waals surface area contributed by atoms with Crippen LogP contribution in [0.2, 0.25) is 0 Å². The molecular weight excluding hydrogens is 250 g/mol. The van der Waals surface area contributed by atoms with Gasteiger partial charge >= 0.3 is 0 Å². The Morgan fingerprint density at radius 1 is 1.30 bits per heavy atom. The SMILES string of the molecule is COc1ccccc1[C@H](C)NC1CCCc2occc21. The molecule has 0 amide bonds. The van der Waals surface area contributed by atoms with Gasteiger partial charge in [-0.2, -0.15) is 0 Å². The van der Waals surface area contributed by atoms with Gasteiger partial charge in [-0.1, -0.05) is 18.2 Å². The Morgan fingerprint density at radius 3 is 3.00 bits per heavy atom. The smallest absolute Gasteiger partial charge is 0.123 e. The first-order chi connectivity index (χ1) is 9.79. The summed E-state index contributed by atoms with van der Waals surface area (Å²) in [6.45, 7) is 2.19. The van der Waals surface area contributed by atoms with Crippen molar-refractivity contribution in [2.75, 3.05) is 7.11 Å². The number of aryl methyl sites for hydroxylation is 1. The second kappa shape index (κ2) is 5.71. The van der Waals surface area contributed by atoms with Gasteiger partial charge in [0.1, 0.15) is 11.5 Å². The summed E-state index contributed by atoms with van der Waals surface area (Å²) in [6.07, 6.45) is 5.20. The number of nitrogens with one attached hydrogen (secondary N) is 1. The third-order valence-electron chi connectivity index (χ3n) is 4.11. The number of hydrogen-bond acceptors (Lipinski definition) is 3. The first-order valence-corrected chi connectivity index (χ1v) is 7.25. The van der Waals surface area contributed by atoms with Crippen molar-refractivity contribution in [2.24, 2.45) is 0 Å². The van der Waals surface area contributed by atoms with Crippen LogP contribution in [0, 0.1) is 0 Å². The molecule has 0 bridgehead atoms. The summed E-state index contributed by atoms with van der Waals surface area (Å²) in [6, 6.07) is 10.9. The lowest BCUT2D eigenvalue weighted by Gasteiger charge is -2.27. The normalized spacial score (nSPS) is 19.4. The van der Waals surface area contributed by atoms with Gasteiger partial charge in [-0.3, -0.25) is 0 Å². The van der Waals surface area contributed by atoms with Crippen LogP contribution in [0.3, 0.4) is 0 Å². The predicted octanol–water partition coefficient (Wildman–Crippen LogP) is 4.02.